The van der Waals surface area contributed by atoms with E-state index < -0.39 is 0 Å². The average Bonchev–Trinajstić information content (AvgIpc) is 3.09. The first-order valence-corrected chi connectivity index (χ1v) is 8.36. The van der Waals surface area contributed by atoms with Crippen molar-refractivity contribution in [1.29, 1.82) is 0 Å². The molecule has 0 radical (unpaired) electrons. The average molecular weight is 362 g/mol. The first kappa shape index (κ1) is 19.2. The van der Waals surface area contributed by atoms with Gasteiger partial charge in [0.25, 0.3) is 0 Å². The number of nitrogens with zero attached hydrogens (tertiary/aromatic N) is 1. The standard InChI is InChI=1S/C19H23N3O2.ClH/c1-13(23)22-10-4-7-18(22)19(24)21-17(12-20)16-9-8-14-5-2-3-6-15(14)11-16;/h2-3,5-6,8-9,11,17-18H,4,7,10,12,20H2,1H3,(H,21,24);1H. The summed E-state index contributed by atoms with van der Waals surface area (Å²) < 4.78 is 0. The molecule has 2 amide bonds. The molecular weight excluding hydrogens is 338 g/mol. The summed E-state index contributed by atoms with van der Waals surface area (Å²) >= 11 is 0. The van der Waals surface area contributed by atoms with Gasteiger partial charge in [0.2, 0.25) is 11.8 Å². The number of carbonyl (C=O) groups is 2. The molecular formula is C19H24ClN3O2. The molecule has 1 heterocycles. The number of benzene rings is 2. The third kappa shape index (κ3) is 4.11. The molecule has 2 aromatic rings. The first-order valence-electron chi connectivity index (χ1n) is 8.36. The Morgan fingerprint density at radius 3 is 2.64 bits per heavy atom. The van der Waals surface area contributed by atoms with Gasteiger partial charge in [0.1, 0.15) is 6.04 Å². The van der Waals surface area contributed by atoms with Gasteiger partial charge in [-0.2, -0.15) is 0 Å². The number of carbonyl (C=O) groups excluding carboxylic acids is 2. The van der Waals surface area contributed by atoms with Crippen LogP contribution in [0.5, 0.6) is 0 Å². The van der Waals surface area contributed by atoms with E-state index in [0.29, 0.717) is 19.5 Å². The van der Waals surface area contributed by atoms with Gasteiger partial charge in [-0.15, -0.1) is 12.4 Å². The minimum atomic E-state index is -0.378. The number of rotatable bonds is 4. The van der Waals surface area contributed by atoms with E-state index >= 15 is 0 Å². The second-order valence-corrected chi connectivity index (χ2v) is 6.27. The van der Waals surface area contributed by atoms with E-state index in [9.17, 15) is 9.59 Å². The molecule has 2 unspecified atom stereocenters. The summed E-state index contributed by atoms with van der Waals surface area (Å²) in [6, 6.07) is 13.6. The van der Waals surface area contributed by atoms with Gasteiger partial charge in [0, 0.05) is 20.0 Å². The molecule has 134 valence electrons. The second kappa shape index (κ2) is 8.32. The van der Waals surface area contributed by atoms with Crippen molar-refractivity contribution in [2.75, 3.05) is 13.1 Å². The molecule has 1 aliphatic heterocycles. The van der Waals surface area contributed by atoms with Crippen LogP contribution in [0.1, 0.15) is 31.4 Å². The zero-order valence-corrected chi connectivity index (χ0v) is 15.1. The Morgan fingerprint density at radius 2 is 1.96 bits per heavy atom. The zero-order valence-electron chi connectivity index (χ0n) is 14.3. The van der Waals surface area contributed by atoms with Gasteiger partial charge in [-0.25, -0.2) is 0 Å². The monoisotopic (exact) mass is 361 g/mol. The van der Waals surface area contributed by atoms with Crippen LogP contribution >= 0.6 is 12.4 Å². The van der Waals surface area contributed by atoms with Gasteiger partial charge in [-0.1, -0.05) is 36.4 Å². The topological polar surface area (TPSA) is 75.4 Å². The van der Waals surface area contributed by atoms with Crippen molar-refractivity contribution in [2.45, 2.75) is 31.8 Å². The van der Waals surface area contributed by atoms with Crippen molar-refractivity contribution in [3.8, 4) is 0 Å². The van der Waals surface area contributed by atoms with Gasteiger partial charge in [0.15, 0.2) is 0 Å². The van der Waals surface area contributed by atoms with E-state index in [0.717, 1.165) is 22.8 Å². The van der Waals surface area contributed by atoms with Gasteiger partial charge in [0.05, 0.1) is 6.04 Å². The van der Waals surface area contributed by atoms with Crippen molar-refractivity contribution in [1.82, 2.24) is 10.2 Å². The number of nitrogens with two attached hydrogens (primary N) is 1. The number of fused-ring (bicyclic) bond motifs is 1. The molecule has 25 heavy (non-hydrogen) atoms. The molecule has 3 rings (SSSR count). The van der Waals surface area contributed by atoms with Crippen molar-refractivity contribution >= 4 is 35.0 Å². The van der Waals surface area contributed by atoms with Gasteiger partial charge < -0.3 is 16.0 Å². The Balaban J connectivity index is 0.00000225. The van der Waals surface area contributed by atoms with Crippen molar-refractivity contribution in [3.63, 3.8) is 0 Å². The Bertz CT molecular complexity index is 765. The smallest absolute Gasteiger partial charge is 0.243 e. The van der Waals surface area contributed by atoms with Crippen LogP contribution in [0.4, 0.5) is 0 Å². The first-order chi connectivity index (χ1) is 11.6. The predicted molar refractivity (Wildman–Crippen MR) is 102 cm³/mol. The summed E-state index contributed by atoms with van der Waals surface area (Å²) in [5.41, 5.74) is 6.88. The molecule has 5 nitrogen and oxygen atoms in total. The summed E-state index contributed by atoms with van der Waals surface area (Å²) in [6.45, 7) is 2.48. The Labute approximate surface area is 154 Å². The molecule has 0 aromatic heterocycles. The van der Waals surface area contributed by atoms with Crippen LogP contribution in [0.15, 0.2) is 42.5 Å². The van der Waals surface area contributed by atoms with Crippen LogP contribution in [-0.4, -0.2) is 35.8 Å². The highest BCUT2D eigenvalue weighted by Gasteiger charge is 2.33. The van der Waals surface area contributed by atoms with E-state index in [1.165, 1.54) is 6.92 Å². The molecule has 1 saturated heterocycles. The van der Waals surface area contributed by atoms with E-state index in [1.54, 1.807) is 4.90 Å². The van der Waals surface area contributed by atoms with Crippen LogP contribution in [-0.2, 0) is 9.59 Å². The minimum absolute atomic E-state index is 0. The summed E-state index contributed by atoms with van der Waals surface area (Å²) in [7, 11) is 0. The number of amides is 2. The number of hydrogen-bond acceptors (Lipinski definition) is 3. The lowest BCUT2D eigenvalue weighted by atomic mass is 10.0. The summed E-state index contributed by atoms with van der Waals surface area (Å²) in [5.74, 6) is -0.172. The fourth-order valence-corrected chi connectivity index (χ4v) is 3.39. The maximum Gasteiger partial charge on any atom is 0.243 e. The number of likely N-dealkylation sites (tertiary alicyclic amines) is 1. The summed E-state index contributed by atoms with van der Waals surface area (Å²) in [4.78, 5) is 25.9. The lowest BCUT2D eigenvalue weighted by Crippen LogP contribution is -2.47. The molecule has 0 spiro atoms. The van der Waals surface area contributed by atoms with Crippen molar-refractivity contribution in [3.05, 3.63) is 48.0 Å². The third-order valence-electron chi connectivity index (χ3n) is 4.69. The van der Waals surface area contributed by atoms with Crippen LogP contribution in [0, 0.1) is 0 Å². The van der Waals surface area contributed by atoms with Crippen LogP contribution in [0.25, 0.3) is 10.8 Å². The normalized spacial score (nSPS) is 17.8. The SMILES string of the molecule is CC(=O)N1CCCC1C(=O)NC(CN)c1ccc2ccccc2c1.Cl. The lowest BCUT2D eigenvalue weighted by Gasteiger charge is -2.25. The van der Waals surface area contributed by atoms with E-state index in [2.05, 4.69) is 17.4 Å². The summed E-state index contributed by atoms with van der Waals surface area (Å²) in [6.07, 6.45) is 1.57. The maximum atomic E-state index is 12.6. The fraction of sp³-hybridized carbons (Fsp3) is 0.368. The molecule has 1 aliphatic rings. The van der Waals surface area contributed by atoms with Crippen LogP contribution in [0.2, 0.25) is 0 Å². The number of halogens is 1. The fourth-order valence-electron chi connectivity index (χ4n) is 3.39. The number of nitrogens with one attached hydrogen (secondary N) is 1. The molecule has 0 aliphatic carbocycles. The third-order valence-corrected chi connectivity index (χ3v) is 4.69. The highest BCUT2D eigenvalue weighted by molar-refractivity contribution is 5.88. The molecule has 0 saturated carbocycles. The van der Waals surface area contributed by atoms with E-state index in [4.69, 9.17) is 5.73 Å². The van der Waals surface area contributed by atoms with Crippen LogP contribution in [0.3, 0.4) is 0 Å². The molecule has 0 bridgehead atoms. The van der Waals surface area contributed by atoms with Gasteiger partial charge >= 0.3 is 0 Å². The Kier molecular flexibility index (Phi) is 6.39. The molecule has 6 heteroatoms. The minimum Gasteiger partial charge on any atom is -0.346 e. The second-order valence-electron chi connectivity index (χ2n) is 6.27. The maximum absolute atomic E-state index is 12.6. The molecule has 2 aromatic carbocycles. The van der Waals surface area contributed by atoms with Gasteiger partial charge in [-0.05, 0) is 35.2 Å². The zero-order chi connectivity index (χ0) is 17.1. The Hall–Kier alpha value is -2.11. The quantitative estimate of drug-likeness (QED) is 0.877. The number of hydrogen-bond donors (Lipinski definition) is 2. The van der Waals surface area contributed by atoms with Crippen molar-refractivity contribution in [2.24, 2.45) is 5.73 Å². The van der Waals surface area contributed by atoms with E-state index in [1.807, 2.05) is 30.3 Å². The molecule has 2 atom stereocenters. The molecule has 1 fully saturated rings. The largest absolute Gasteiger partial charge is 0.346 e. The highest BCUT2D eigenvalue weighted by atomic mass is 35.5. The lowest BCUT2D eigenvalue weighted by molar-refractivity contribution is -0.137. The Morgan fingerprint density at radius 1 is 1.24 bits per heavy atom. The van der Waals surface area contributed by atoms with Gasteiger partial charge in [-0.3, -0.25) is 9.59 Å². The highest BCUT2D eigenvalue weighted by Crippen LogP contribution is 2.22. The van der Waals surface area contributed by atoms with E-state index in [-0.39, 0.29) is 36.3 Å². The summed E-state index contributed by atoms with van der Waals surface area (Å²) in [5, 5.41) is 5.29. The predicted octanol–water partition coefficient (Wildman–Crippen LogP) is 2.39. The molecule has 3 N–H and O–H groups in total. The van der Waals surface area contributed by atoms with Crippen molar-refractivity contribution < 1.29 is 9.59 Å². The van der Waals surface area contributed by atoms with Crippen LogP contribution < -0.4 is 11.1 Å².